The molecule has 1 N–H and O–H groups in total. The van der Waals surface area contributed by atoms with E-state index in [1.165, 1.54) is 12.1 Å². The van der Waals surface area contributed by atoms with Gasteiger partial charge in [-0.15, -0.1) is 0 Å². The van der Waals surface area contributed by atoms with Crippen LogP contribution in [0.2, 0.25) is 5.15 Å². The standard InChI is InChI=1S/C11H11ClFN3/c1-14-5-4-10-15-9-6-7(13)2-3-8(9)11(12)16-10/h2-3,6,14H,4-5H2,1H3. The van der Waals surface area contributed by atoms with Crippen LogP contribution in [0.1, 0.15) is 5.82 Å². The van der Waals surface area contributed by atoms with Gasteiger partial charge in [0, 0.05) is 24.4 Å². The molecule has 0 aliphatic rings. The molecule has 0 atom stereocenters. The number of likely N-dealkylation sites (N-methyl/N-ethyl adjacent to an activating group) is 1. The summed E-state index contributed by atoms with van der Waals surface area (Å²) in [6.45, 7) is 0.761. The van der Waals surface area contributed by atoms with Crippen molar-refractivity contribution in [3.63, 3.8) is 0 Å². The van der Waals surface area contributed by atoms with E-state index < -0.39 is 0 Å². The Labute approximate surface area is 97.7 Å². The van der Waals surface area contributed by atoms with Crippen molar-refractivity contribution in [2.45, 2.75) is 6.42 Å². The Kier molecular flexibility index (Phi) is 3.31. The lowest BCUT2D eigenvalue weighted by Crippen LogP contribution is -2.12. The van der Waals surface area contributed by atoms with E-state index in [0.717, 1.165) is 6.54 Å². The quantitative estimate of drug-likeness (QED) is 0.835. The molecule has 0 bridgehead atoms. The van der Waals surface area contributed by atoms with E-state index in [0.29, 0.717) is 28.3 Å². The number of nitrogens with zero attached hydrogens (tertiary/aromatic N) is 2. The van der Waals surface area contributed by atoms with E-state index in [1.54, 1.807) is 6.07 Å². The largest absolute Gasteiger partial charge is 0.319 e. The number of aromatic nitrogens is 2. The Balaban J connectivity index is 2.47. The van der Waals surface area contributed by atoms with Crippen LogP contribution in [0.3, 0.4) is 0 Å². The van der Waals surface area contributed by atoms with Crippen molar-refractivity contribution in [1.82, 2.24) is 15.3 Å². The highest BCUT2D eigenvalue weighted by atomic mass is 35.5. The summed E-state index contributed by atoms with van der Waals surface area (Å²) >= 11 is 6.00. The summed E-state index contributed by atoms with van der Waals surface area (Å²) < 4.78 is 13.0. The van der Waals surface area contributed by atoms with Gasteiger partial charge >= 0.3 is 0 Å². The maximum atomic E-state index is 13.0. The number of halogens is 2. The number of nitrogens with one attached hydrogen (secondary N) is 1. The van der Waals surface area contributed by atoms with Gasteiger partial charge in [0.2, 0.25) is 0 Å². The molecule has 0 saturated heterocycles. The van der Waals surface area contributed by atoms with Gasteiger partial charge in [-0.2, -0.15) is 0 Å². The smallest absolute Gasteiger partial charge is 0.140 e. The second-order valence-corrected chi connectivity index (χ2v) is 3.80. The molecule has 2 aromatic rings. The van der Waals surface area contributed by atoms with Gasteiger partial charge < -0.3 is 5.32 Å². The average molecular weight is 240 g/mol. The molecule has 1 heterocycles. The number of hydrogen-bond donors (Lipinski definition) is 1. The average Bonchev–Trinajstić information content (AvgIpc) is 2.25. The molecule has 0 radical (unpaired) electrons. The molecule has 0 fully saturated rings. The molecule has 0 aliphatic carbocycles. The van der Waals surface area contributed by atoms with E-state index in [-0.39, 0.29) is 5.82 Å². The summed E-state index contributed by atoms with van der Waals surface area (Å²) in [5.41, 5.74) is 0.547. The number of hydrogen-bond acceptors (Lipinski definition) is 3. The lowest BCUT2D eigenvalue weighted by Gasteiger charge is -2.04. The molecule has 0 spiro atoms. The molecule has 1 aromatic heterocycles. The minimum Gasteiger partial charge on any atom is -0.319 e. The normalized spacial score (nSPS) is 10.9. The molecule has 0 amide bonds. The lowest BCUT2D eigenvalue weighted by atomic mass is 10.2. The molecular weight excluding hydrogens is 229 g/mol. The fraction of sp³-hybridized carbons (Fsp3) is 0.273. The predicted molar refractivity (Wildman–Crippen MR) is 62.1 cm³/mol. The summed E-state index contributed by atoms with van der Waals surface area (Å²) in [6.07, 6.45) is 0.669. The van der Waals surface area contributed by atoms with Crippen LogP contribution >= 0.6 is 11.6 Å². The zero-order valence-corrected chi connectivity index (χ0v) is 9.55. The van der Waals surface area contributed by atoms with Crippen molar-refractivity contribution in [2.75, 3.05) is 13.6 Å². The molecule has 84 valence electrons. The van der Waals surface area contributed by atoms with Crippen molar-refractivity contribution in [3.8, 4) is 0 Å². The topological polar surface area (TPSA) is 37.8 Å². The lowest BCUT2D eigenvalue weighted by molar-refractivity contribution is 0.629. The van der Waals surface area contributed by atoms with Gasteiger partial charge in [-0.3, -0.25) is 0 Å². The molecule has 1 aromatic carbocycles. The van der Waals surface area contributed by atoms with Gasteiger partial charge in [-0.1, -0.05) is 11.6 Å². The van der Waals surface area contributed by atoms with Crippen molar-refractivity contribution in [2.24, 2.45) is 0 Å². The van der Waals surface area contributed by atoms with Crippen LogP contribution in [0.15, 0.2) is 18.2 Å². The maximum Gasteiger partial charge on any atom is 0.140 e. The zero-order valence-electron chi connectivity index (χ0n) is 8.80. The number of benzene rings is 1. The summed E-state index contributed by atoms with van der Waals surface area (Å²) in [4.78, 5) is 8.42. The maximum absolute atomic E-state index is 13.0. The fourth-order valence-electron chi connectivity index (χ4n) is 1.46. The molecular formula is C11H11ClFN3. The fourth-order valence-corrected chi connectivity index (χ4v) is 1.72. The Hall–Kier alpha value is -1.26. The Morgan fingerprint density at radius 1 is 1.38 bits per heavy atom. The van der Waals surface area contributed by atoms with E-state index in [1.807, 2.05) is 7.05 Å². The molecule has 0 saturated carbocycles. The van der Waals surface area contributed by atoms with Crippen LogP contribution in [-0.4, -0.2) is 23.6 Å². The van der Waals surface area contributed by atoms with Gasteiger partial charge in [0.1, 0.15) is 16.8 Å². The Bertz CT molecular complexity index is 516. The highest BCUT2D eigenvalue weighted by molar-refractivity contribution is 6.34. The second kappa shape index (κ2) is 4.72. The van der Waals surface area contributed by atoms with E-state index in [9.17, 15) is 4.39 Å². The van der Waals surface area contributed by atoms with Crippen molar-refractivity contribution in [3.05, 3.63) is 35.0 Å². The SMILES string of the molecule is CNCCc1nc(Cl)c2ccc(F)cc2n1. The van der Waals surface area contributed by atoms with Crippen LogP contribution in [0.25, 0.3) is 10.9 Å². The first kappa shape index (κ1) is 11.2. The third-order valence-electron chi connectivity index (χ3n) is 2.26. The summed E-state index contributed by atoms with van der Waals surface area (Å²) in [7, 11) is 1.85. The van der Waals surface area contributed by atoms with Crippen LogP contribution in [0.4, 0.5) is 4.39 Å². The number of rotatable bonds is 3. The highest BCUT2D eigenvalue weighted by Crippen LogP contribution is 2.21. The Morgan fingerprint density at radius 2 is 2.19 bits per heavy atom. The molecule has 16 heavy (non-hydrogen) atoms. The number of fused-ring (bicyclic) bond motifs is 1. The van der Waals surface area contributed by atoms with Gasteiger partial charge in [0.25, 0.3) is 0 Å². The highest BCUT2D eigenvalue weighted by Gasteiger charge is 2.06. The van der Waals surface area contributed by atoms with Gasteiger partial charge in [0.05, 0.1) is 5.52 Å². The first-order valence-corrected chi connectivity index (χ1v) is 5.35. The van der Waals surface area contributed by atoms with Gasteiger partial charge in [-0.25, -0.2) is 14.4 Å². The molecule has 5 heteroatoms. The minimum atomic E-state index is -0.318. The Morgan fingerprint density at radius 3 is 2.94 bits per heavy atom. The minimum absolute atomic E-state index is 0.318. The molecule has 0 unspecified atom stereocenters. The van der Waals surface area contributed by atoms with E-state index in [4.69, 9.17) is 11.6 Å². The van der Waals surface area contributed by atoms with Gasteiger partial charge in [0.15, 0.2) is 0 Å². The van der Waals surface area contributed by atoms with Crippen LogP contribution in [0.5, 0.6) is 0 Å². The van der Waals surface area contributed by atoms with Gasteiger partial charge in [-0.05, 0) is 19.2 Å². The molecule has 2 rings (SSSR count). The van der Waals surface area contributed by atoms with E-state index in [2.05, 4.69) is 15.3 Å². The van der Waals surface area contributed by atoms with Crippen molar-refractivity contribution >= 4 is 22.5 Å². The van der Waals surface area contributed by atoms with Crippen molar-refractivity contribution < 1.29 is 4.39 Å². The monoisotopic (exact) mass is 239 g/mol. The first-order valence-electron chi connectivity index (χ1n) is 4.97. The summed E-state index contributed by atoms with van der Waals surface area (Å²) in [5, 5.41) is 4.05. The predicted octanol–water partition coefficient (Wildman–Crippen LogP) is 2.18. The third kappa shape index (κ3) is 2.28. The second-order valence-electron chi connectivity index (χ2n) is 3.45. The summed E-state index contributed by atoms with van der Waals surface area (Å²) in [6, 6.07) is 4.31. The molecule has 0 aliphatic heterocycles. The third-order valence-corrected chi connectivity index (χ3v) is 2.55. The zero-order chi connectivity index (χ0) is 11.5. The molecule has 3 nitrogen and oxygen atoms in total. The summed E-state index contributed by atoms with van der Waals surface area (Å²) in [5.74, 6) is 0.305. The van der Waals surface area contributed by atoms with E-state index >= 15 is 0 Å². The first-order chi connectivity index (χ1) is 7.70. The van der Waals surface area contributed by atoms with Crippen LogP contribution in [0, 0.1) is 5.82 Å². The van der Waals surface area contributed by atoms with Crippen LogP contribution in [-0.2, 0) is 6.42 Å². The van der Waals surface area contributed by atoms with Crippen molar-refractivity contribution in [1.29, 1.82) is 0 Å². The van der Waals surface area contributed by atoms with Crippen LogP contribution < -0.4 is 5.32 Å².